The van der Waals surface area contributed by atoms with Gasteiger partial charge in [0.15, 0.2) is 5.49 Å². The van der Waals surface area contributed by atoms with Crippen molar-refractivity contribution in [2.24, 2.45) is 4.99 Å². The lowest BCUT2D eigenvalue weighted by atomic mass is 10.2. The van der Waals surface area contributed by atoms with Gasteiger partial charge in [-0.2, -0.15) is 10.3 Å². The summed E-state index contributed by atoms with van der Waals surface area (Å²) >= 11 is 0. The maximum Gasteiger partial charge on any atom is 0.278 e. The second kappa shape index (κ2) is 9.37. The van der Waals surface area contributed by atoms with Crippen LogP contribution in [0.2, 0.25) is 0 Å². The number of carbonyl (C=O) groups excluding carboxylic acids is 1. The molecule has 0 aliphatic heterocycles. The Bertz CT molecular complexity index is 1460. The highest BCUT2D eigenvalue weighted by Gasteiger charge is 2.15. The van der Waals surface area contributed by atoms with Crippen molar-refractivity contribution in [3.63, 3.8) is 0 Å². The van der Waals surface area contributed by atoms with Crippen LogP contribution in [0.15, 0.2) is 70.6 Å². The monoisotopic (exact) mass is 427 g/mol. The summed E-state index contributed by atoms with van der Waals surface area (Å²) in [7, 11) is 0. The van der Waals surface area contributed by atoms with E-state index in [0.717, 1.165) is 0 Å². The van der Waals surface area contributed by atoms with Crippen LogP contribution in [0.3, 0.4) is 0 Å². The van der Waals surface area contributed by atoms with Crippen LogP contribution in [0.25, 0.3) is 16.7 Å². The number of nitrogens with zero attached hydrogens (tertiary/aromatic N) is 5. The van der Waals surface area contributed by atoms with E-state index in [1.165, 1.54) is 10.5 Å². The third-order valence-electron chi connectivity index (χ3n) is 5.01. The Morgan fingerprint density at radius 3 is 2.72 bits per heavy atom. The van der Waals surface area contributed by atoms with Crippen LogP contribution in [0.5, 0.6) is 0 Å². The summed E-state index contributed by atoms with van der Waals surface area (Å²) in [6, 6.07) is 17.4. The maximum atomic E-state index is 13.1. The van der Waals surface area contributed by atoms with Crippen molar-refractivity contribution in [1.82, 2.24) is 14.0 Å². The summed E-state index contributed by atoms with van der Waals surface area (Å²) in [5.74, 6) is -0.475. The molecule has 0 bridgehead atoms. The molecule has 160 valence electrons. The van der Waals surface area contributed by atoms with E-state index in [0.29, 0.717) is 43.0 Å². The molecule has 0 N–H and O–H groups in total. The van der Waals surface area contributed by atoms with Gasteiger partial charge in [0.05, 0.1) is 10.9 Å². The number of fused-ring (bicyclic) bond motifs is 2. The Balaban J connectivity index is 2.01. The zero-order valence-corrected chi connectivity index (χ0v) is 17.6. The van der Waals surface area contributed by atoms with Crippen molar-refractivity contribution in [3.8, 4) is 6.07 Å². The van der Waals surface area contributed by atoms with E-state index in [1.54, 1.807) is 53.2 Å². The molecule has 0 saturated carbocycles. The van der Waals surface area contributed by atoms with Gasteiger partial charge in [0.25, 0.3) is 11.5 Å². The Morgan fingerprint density at radius 2 is 1.97 bits per heavy atom. The largest absolute Gasteiger partial charge is 0.382 e. The first-order chi connectivity index (χ1) is 15.6. The second-order valence-corrected chi connectivity index (χ2v) is 7.06. The molecular weight excluding hydrogens is 406 g/mol. The summed E-state index contributed by atoms with van der Waals surface area (Å²) < 4.78 is 8.55. The smallest absolute Gasteiger partial charge is 0.278 e. The van der Waals surface area contributed by atoms with Crippen molar-refractivity contribution in [3.05, 3.63) is 87.8 Å². The van der Waals surface area contributed by atoms with Gasteiger partial charge >= 0.3 is 0 Å². The highest BCUT2D eigenvalue weighted by atomic mass is 16.5. The number of amides is 1. The quantitative estimate of drug-likeness (QED) is 0.348. The molecule has 0 radical (unpaired) electrons. The van der Waals surface area contributed by atoms with Crippen LogP contribution in [0.1, 0.15) is 29.3 Å². The minimum Gasteiger partial charge on any atom is -0.382 e. The average molecular weight is 427 g/mol. The molecule has 0 saturated heterocycles. The molecule has 32 heavy (non-hydrogen) atoms. The van der Waals surface area contributed by atoms with Crippen LogP contribution >= 0.6 is 0 Å². The van der Waals surface area contributed by atoms with Crippen molar-refractivity contribution in [2.45, 2.75) is 19.9 Å². The fourth-order valence-corrected chi connectivity index (χ4v) is 3.50. The first-order valence-corrected chi connectivity index (χ1v) is 10.3. The van der Waals surface area contributed by atoms with Gasteiger partial charge in [-0.05, 0) is 43.7 Å². The minimum atomic E-state index is -0.475. The summed E-state index contributed by atoms with van der Waals surface area (Å²) in [5, 5.41) is 10.1. The molecule has 0 spiro atoms. The Hall–Kier alpha value is -4.09. The standard InChI is InChI=1S/C24H21N5O3/c1-2-32-14-8-13-29-21(27-23(30)17-9-4-3-5-10-17)18(16-25)15-19-22(29)26-20-11-6-7-12-28(20)24(19)31/h3-7,9-12,15H,2,8,13-14H2,1H3. The lowest BCUT2D eigenvalue weighted by Gasteiger charge is -2.13. The Morgan fingerprint density at radius 1 is 1.19 bits per heavy atom. The van der Waals surface area contributed by atoms with E-state index < -0.39 is 5.91 Å². The van der Waals surface area contributed by atoms with Gasteiger partial charge < -0.3 is 9.30 Å². The van der Waals surface area contributed by atoms with E-state index >= 15 is 0 Å². The van der Waals surface area contributed by atoms with Crippen LogP contribution in [-0.4, -0.2) is 33.1 Å². The SMILES string of the molecule is CCOCCCn1c(=NC(=O)c2ccccc2)c(C#N)cc2c(=O)n3ccccc3nc21. The molecule has 1 aromatic carbocycles. The molecule has 3 aromatic heterocycles. The van der Waals surface area contributed by atoms with Crippen LogP contribution in [-0.2, 0) is 11.3 Å². The minimum absolute atomic E-state index is 0.132. The molecule has 4 rings (SSSR count). The number of aromatic nitrogens is 3. The predicted octanol–water partition coefficient (Wildman–Crippen LogP) is 2.69. The van der Waals surface area contributed by atoms with Gasteiger partial charge in [0.1, 0.15) is 17.4 Å². The molecule has 0 fully saturated rings. The zero-order valence-electron chi connectivity index (χ0n) is 17.6. The van der Waals surface area contributed by atoms with E-state index in [-0.39, 0.29) is 22.0 Å². The molecule has 1 amide bonds. The summed E-state index contributed by atoms with van der Waals surface area (Å²) in [5.41, 5.74) is 1.26. The first kappa shape index (κ1) is 21.2. The van der Waals surface area contributed by atoms with E-state index in [2.05, 4.69) is 16.0 Å². The van der Waals surface area contributed by atoms with Crippen LogP contribution < -0.4 is 11.0 Å². The number of hydrogen-bond acceptors (Lipinski definition) is 5. The lowest BCUT2D eigenvalue weighted by molar-refractivity contribution is 0.0997. The molecular formula is C24H21N5O3. The van der Waals surface area contributed by atoms with Crippen molar-refractivity contribution < 1.29 is 9.53 Å². The van der Waals surface area contributed by atoms with E-state index in [4.69, 9.17) is 4.74 Å². The van der Waals surface area contributed by atoms with E-state index in [1.807, 2.05) is 13.0 Å². The highest BCUT2D eigenvalue weighted by molar-refractivity contribution is 5.95. The van der Waals surface area contributed by atoms with Gasteiger partial charge in [-0.3, -0.25) is 14.0 Å². The van der Waals surface area contributed by atoms with Gasteiger partial charge in [0, 0.05) is 31.5 Å². The molecule has 3 heterocycles. The first-order valence-electron chi connectivity index (χ1n) is 10.3. The number of carbonyl (C=O) groups is 1. The molecule has 0 aliphatic rings. The fourth-order valence-electron chi connectivity index (χ4n) is 3.50. The molecule has 4 aromatic rings. The number of hydrogen-bond donors (Lipinski definition) is 0. The number of ether oxygens (including phenoxy) is 1. The topological polar surface area (TPSA) is 102 Å². The van der Waals surface area contributed by atoms with E-state index in [9.17, 15) is 14.9 Å². The average Bonchev–Trinajstić information content (AvgIpc) is 2.83. The molecule has 0 atom stereocenters. The van der Waals surface area contributed by atoms with Crippen LogP contribution in [0.4, 0.5) is 0 Å². The van der Waals surface area contributed by atoms with Gasteiger partial charge in [-0.25, -0.2) is 4.98 Å². The Labute approximate surface area is 183 Å². The zero-order chi connectivity index (χ0) is 22.5. The normalized spacial score (nSPS) is 11.7. The predicted molar refractivity (Wildman–Crippen MR) is 119 cm³/mol. The van der Waals surface area contributed by atoms with Crippen LogP contribution in [0, 0.1) is 11.3 Å². The van der Waals surface area contributed by atoms with Crippen molar-refractivity contribution in [2.75, 3.05) is 13.2 Å². The summed E-state index contributed by atoms with van der Waals surface area (Å²) in [6.07, 6.45) is 2.23. The number of aryl methyl sites for hydroxylation is 1. The number of nitriles is 1. The van der Waals surface area contributed by atoms with Gasteiger partial charge in [-0.15, -0.1) is 0 Å². The number of pyridine rings is 2. The third kappa shape index (κ3) is 4.06. The molecule has 0 unspecified atom stereocenters. The third-order valence-corrected chi connectivity index (χ3v) is 5.01. The highest BCUT2D eigenvalue weighted by Crippen LogP contribution is 2.11. The molecule has 8 nitrogen and oxygen atoms in total. The maximum absolute atomic E-state index is 13.1. The van der Waals surface area contributed by atoms with Gasteiger partial charge in [-0.1, -0.05) is 24.3 Å². The summed E-state index contributed by atoms with van der Waals surface area (Å²) in [6.45, 7) is 3.35. The fraction of sp³-hybridized carbons (Fsp3) is 0.208. The van der Waals surface area contributed by atoms with Gasteiger partial charge in [0.2, 0.25) is 0 Å². The second-order valence-electron chi connectivity index (χ2n) is 7.06. The number of rotatable bonds is 6. The van der Waals surface area contributed by atoms with Crippen molar-refractivity contribution in [1.29, 1.82) is 5.26 Å². The summed E-state index contributed by atoms with van der Waals surface area (Å²) in [4.78, 5) is 34.9. The lowest BCUT2D eigenvalue weighted by Crippen LogP contribution is -2.30. The number of benzene rings is 1. The Kier molecular flexibility index (Phi) is 6.19. The molecule has 0 aliphatic carbocycles. The molecule has 8 heteroatoms. The van der Waals surface area contributed by atoms with Crippen molar-refractivity contribution >= 4 is 22.6 Å².